The van der Waals surface area contributed by atoms with Crippen LogP contribution in [-0.4, -0.2) is 18.3 Å². The first-order valence-electron chi connectivity index (χ1n) is 9.55. The molecule has 1 atom stereocenters. The zero-order valence-corrected chi connectivity index (χ0v) is 23.3. The number of fused-ring (bicyclic) bond motifs is 1. The molecule has 0 aromatic heterocycles. The van der Waals surface area contributed by atoms with E-state index in [1.165, 1.54) is 44.0 Å². The Hall–Kier alpha value is 0.303. The van der Waals surface area contributed by atoms with Crippen molar-refractivity contribution in [2.45, 2.75) is 51.0 Å². The Bertz CT molecular complexity index is 815. The Morgan fingerprint density at radius 1 is 1.19 bits per heavy atom. The van der Waals surface area contributed by atoms with E-state index in [0.717, 1.165) is 12.8 Å². The minimum atomic E-state index is -2.74. The standard InChI is InChI=1S/C22H27Ge.2ClH.Hf/c1-5-6-10-19-15-18-13-9-14-20(23(3)4)16(2)21(18)22(19)17-11-7-8-12-17;;;/h7-9,11,13-14,16H,5-6,10,12H2,1-4H3;2*1H;/q;;;+2/p-2. The van der Waals surface area contributed by atoms with E-state index < -0.39 is 33.0 Å². The van der Waals surface area contributed by atoms with E-state index in [9.17, 15) is 0 Å². The van der Waals surface area contributed by atoms with Crippen LogP contribution in [0.5, 0.6) is 0 Å². The van der Waals surface area contributed by atoms with Crippen molar-refractivity contribution < 1.29 is 19.1 Å². The quantitative estimate of drug-likeness (QED) is 0.288. The van der Waals surface area contributed by atoms with Gasteiger partial charge in [0.1, 0.15) is 0 Å². The number of rotatable bonds is 5. The Balaban J connectivity index is 2.25. The van der Waals surface area contributed by atoms with Crippen molar-refractivity contribution in [3.63, 3.8) is 0 Å². The summed E-state index contributed by atoms with van der Waals surface area (Å²) in [6.07, 6.45) is 18.3. The maximum absolute atomic E-state index is 6.75. The Kier molecular flexibility index (Phi) is 7.44. The molecule has 0 spiro atoms. The third-order valence-electron chi connectivity index (χ3n) is 5.51. The molecule has 0 nitrogen and oxygen atoms in total. The van der Waals surface area contributed by atoms with Crippen LogP contribution >= 0.6 is 17.2 Å². The molecule has 3 rings (SSSR count). The topological polar surface area (TPSA) is 0 Å². The van der Waals surface area contributed by atoms with Crippen LogP contribution in [0.15, 0.2) is 67.7 Å². The van der Waals surface area contributed by atoms with Gasteiger partial charge >= 0.3 is 179 Å². The third kappa shape index (κ3) is 4.02. The van der Waals surface area contributed by atoms with E-state index in [-0.39, 0.29) is 0 Å². The first-order chi connectivity index (χ1) is 12.5. The molecular formula is C22H27Cl2GeHf. The number of allylic oxidation sites excluding steroid dienone is 12. The van der Waals surface area contributed by atoms with E-state index in [2.05, 4.69) is 61.8 Å². The number of hydrogen-bond donors (Lipinski definition) is 0. The van der Waals surface area contributed by atoms with Crippen LogP contribution in [0.1, 0.15) is 39.5 Å². The molecule has 0 saturated carbocycles. The average Bonchev–Trinajstić information content (AvgIpc) is 3.17. The molecule has 0 aliphatic heterocycles. The molecule has 0 saturated heterocycles. The van der Waals surface area contributed by atoms with E-state index in [1.807, 2.05) is 0 Å². The summed E-state index contributed by atoms with van der Waals surface area (Å²) < 4.78 is 3.04. The summed E-state index contributed by atoms with van der Waals surface area (Å²) in [5.74, 6) is 5.41. The second-order valence-electron chi connectivity index (χ2n) is 7.45. The summed E-state index contributed by atoms with van der Waals surface area (Å²) in [4.78, 5) is 0. The van der Waals surface area contributed by atoms with E-state index in [1.54, 1.807) is 4.35 Å². The zero-order chi connectivity index (χ0) is 18.8. The molecule has 0 radical (unpaired) electrons. The van der Waals surface area contributed by atoms with Crippen molar-refractivity contribution in [3.05, 3.63) is 67.7 Å². The van der Waals surface area contributed by atoms with Crippen LogP contribution in [0.2, 0.25) is 11.5 Å². The molecular weight excluding hydrogens is 586 g/mol. The van der Waals surface area contributed by atoms with Crippen molar-refractivity contribution >= 4 is 35.4 Å². The summed E-state index contributed by atoms with van der Waals surface area (Å²) in [6, 6.07) is 0. The molecule has 0 amide bonds. The molecule has 26 heavy (non-hydrogen) atoms. The van der Waals surface area contributed by atoms with Crippen molar-refractivity contribution in [1.82, 2.24) is 0 Å². The van der Waals surface area contributed by atoms with Crippen molar-refractivity contribution in [1.29, 1.82) is 0 Å². The fourth-order valence-corrected chi connectivity index (χ4v) is 14.1. The third-order valence-corrected chi connectivity index (χ3v) is 15.7. The molecule has 4 heteroatoms. The summed E-state index contributed by atoms with van der Waals surface area (Å²) in [5.41, 5.74) is 7.37. The number of halogens is 2. The van der Waals surface area contributed by atoms with Gasteiger partial charge in [0.15, 0.2) is 0 Å². The van der Waals surface area contributed by atoms with Crippen molar-refractivity contribution in [2.75, 3.05) is 0 Å². The second kappa shape index (κ2) is 9.20. The van der Waals surface area contributed by atoms with Gasteiger partial charge in [-0.3, -0.25) is 0 Å². The Labute approximate surface area is 177 Å². The summed E-state index contributed by atoms with van der Waals surface area (Å²) in [5, 5.41) is 0. The average molecular weight is 613 g/mol. The van der Waals surface area contributed by atoms with Gasteiger partial charge in [-0.2, -0.15) is 0 Å². The van der Waals surface area contributed by atoms with Gasteiger partial charge in [0.25, 0.3) is 0 Å². The number of hydrogen-bond acceptors (Lipinski definition) is 0. The van der Waals surface area contributed by atoms with Gasteiger partial charge in [0.2, 0.25) is 0 Å². The summed E-state index contributed by atoms with van der Waals surface area (Å²) in [7, 11) is 13.5. The normalized spacial score (nSPS) is 21.9. The maximum atomic E-state index is 6.75. The van der Waals surface area contributed by atoms with Gasteiger partial charge in [-0.25, -0.2) is 0 Å². The molecule has 0 N–H and O–H groups in total. The fourth-order valence-electron chi connectivity index (χ4n) is 4.31. The van der Waals surface area contributed by atoms with Gasteiger partial charge in [-0.1, -0.05) is 0 Å². The van der Waals surface area contributed by atoms with Gasteiger partial charge in [-0.05, 0) is 0 Å². The summed E-state index contributed by atoms with van der Waals surface area (Å²) in [6.45, 7) is 4.67. The minimum absolute atomic E-state index is 0.481. The zero-order valence-electron chi connectivity index (χ0n) is 16.1. The fraction of sp³-hybridized carbons (Fsp3) is 0.409. The summed E-state index contributed by atoms with van der Waals surface area (Å²) >= 11 is -3.90. The first-order valence-corrected chi connectivity index (χ1v) is 25.5. The molecule has 0 bridgehead atoms. The van der Waals surface area contributed by atoms with Crippen LogP contribution in [0.25, 0.3) is 0 Å². The molecule has 0 aromatic carbocycles. The Morgan fingerprint density at radius 3 is 2.54 bits per heavy atom. The molecule has 3 aliphatic carbocycles. The monoisotopic (exact) mass is 615 g/mol. The van der Waals surface area contributed by atoms with Gasteiger partial charge in [-0.15, -0.1) is 0 Å². The second-order valence-corrected chi connectivity index (χ2v) is 24.3. The predicted octanol–water partition coefficient (Wildman–Crippen LogP) is 7.19. The van der Waals surface area contributed by atoms with Crippen LogP contribution < -0.4 is 0 Å². The predicted molar refractivity (Wildman–Crippen MR) is 116 cm³/mol. The van der Waals surface area contributed by atoms with E-state index in [4.69, 9.17) is 17.2 Å². The molecule has 0 heterocycles. The molecule has 137 valence electrons. The molecule has 1 unspecified atom stereocenters. The molecule has 3 aliphatic rings. The van der Waals surface area contributed by atoms with Crippen LogP contribution in [0, 0.1) is 5.92 Å². The Morgan fingerprint density at radius 2 is 1.96 bits per heavy atom. The molecule has 0 fully saturated rings. The van der Waals surface area contributed by atoms with Gasteiger partial charge in [0, 0.05) is 0 Å². The van der Waals surface area contributed by atoms with Crippen molar-refractivity contribution in [3.8, 4) is 0 Å². The van der Waals surface area contributed by atoms with Crippen LogP contribution in [0.3, 0.4) is 0 Å². The number of unbranched alkanes of at least 4 members (excludes halogenated alkanes) is 1. The van der Waals surface area contributed by atoms with E-state index in [0.29, 0.717) is 5.92 Å². The van der Waals surface area contributed by atoms with Crippen molar-refractivity contribution in [2.24, 2.45) is 5.92 Å². The molecule has 0 aromatic rings. The van der Waals surface area contributed by atoms with Crippen LogP contribution in [-0.2, 0) is 19.1 Å². The SMILES string of the molecule is CCCCC1=[C]([Hf]([Cl])[Cl])C2=CC=C[C](=[Ge]([CH3])[CH3])C(C)C2=C1C1=CC=CC1. The van der Waals surface area contributed by atoms with Crippen LogP contribution in [0.4, 0.5) is 0 Å². The van der Waals surface area contributed by atoms with E-state index >= 15 is 0 Å². The van der Waals surface area contributed by atoms with Gasteiger partial charge < -0.3 is 0 Å². The van der Waals surface area contributed by atoms with Gasteiger partial charge in [0.05, 0.1) is 0 Å². The first kappa shape index (κ1) is 21.0.